The van der Waals surface area contributed by atoms with Crippen LogP contribution in [0, 0.1) is 19.3 Å². The molecule has 0 saturated carbocycles. The molecule has 0 aliphatic carbocycles. The molecule has 0 radical (unpaired) electrons. The van der Waals surface area contributed by atoms with Gasteiger partial charge < -0.3 is 5.73 Å². The van der Waals surface area contributed by atoms with Crippen molar-refractivity contribution in [2.45, 2.75) is 59.8 Å². The molecule has 1 rings (SSSR count). The van der Waals surface area contributed by atoms with Crippen molar-refractivity contribution in [3.05, 3.63) is 34.9 Å². The Morgan fingerprint density at radius 1 is 1.11 bits per heavy atom. The van der Waals surface area contributed by atoms with Crippen LogP contribution >= 0.6 is 0 Å². The van der Waals surface area contributed by atoms with E-state index in [1.165, 1.54) is 42.4 Å². The number of rotatable bonds is 7. The maximum absolute atomic E-state index is 6.11. The predicted molar refractivity (Wildman–Crippen MR) is 80.9 cm³/mol. The van der Waals surface area contributed by atoms with E-state index >= 15 is 0 Å². The number of aryl methyl sites for hydroxylation is 2. The van der Waals surface area contributed by atoms with Crippen molar-refractivity contribution in [2.24, 2.45) is 11.1 Å². The van der Waals surface area contributed by atoms with Crippen LogP contribution in [-0.2, 0) is 6.42 Å². The molecule has 1 nitrogen and oxygen atoms in total. The normalized spacial score (nSPS) is 14.5. The van der Waals surface area contributed by atoms with Crippen LogP contribution in [0.5, 0.6) is 0 Å². The third-order valence-corrected chi connectivity index (χ3v) is 4.44. The van der Waals surface area contributed by atoms with Gasteiger partial charge in [0.05, 0.1) is 0 Å². The summed E-state index contributed by atoms with van der Waals surface area (Å²) in [5, 5.41) is 0. The van der Waals surface area contributed by atoms with E-state index in [9.17, 15) is 0 Å². The molecule has 0 heterocycles. The molecular weight excluding hydrogens is 218 g/mol. The topological polar surface area (TPSA) is 26.0 Å². The maximum Gasteiger partial charge on any atom is -0.00174 e. The Bertz CT molecular complexity index is 344. The van der Waals surface area contributed by atoms with E-state index in [-0.39, 0.29) is 0 Å². The summed E-state index contributed by atoms with van der Waals surface area (Å²) in [4.78, 5) is 0. The fourth-order valence-electron chi connectivity index (χ4n) is 2.76. The second-order valence-corrected chi connectivity index (χ2v) is 5.71. The molecular formula is C17H29N. The Morgan fingerprint density at radius 2 is 1.72 bits per heavy atom. The monoisotopic (exact) mass is 247 g/mol. The number of nitrogens with two attached hydrogens (primary N) is 1. The molecule has 102 valence electrons. The minimum absolute atomic E-state index is 0.298. The SMILES string of the molecule is CCCCC(CC)(CN)Cc1c(C)cccc1C. The van der Waals surface area contributed by atoms with Gasteiger partial charge in [-0.15, -0.1) is 0 Å². The Labute approximate surface area is 113 Å². The molecule has 1 heteroatoms. The number of unbranched alkanes of at least 4 members (excludes halogenated alkanes) is 1. The van der Waals surface area contributed by atoms with Crippen molar-refractivity contribution in [3.8, 4) is 0 Å². The van der Waals surface area contributed by atoms with Crippen molar-refractivity contribution in [1.82, 2.24) is 0 Å². The van der Waals surface area contributed by atoms with Crippen LogP contribution in [0.2, 0.25) is 0 Å². The molecule has 1 unspecified atom stereocenters. The average molecular weight is 247 g/mol. The van der Waals surface area contributed by atoms with Gasteiger partial charge in [-0.1, -0.05) is 44.9 Å². The van der Waals surface area contributed by atoms with Crippen LogP contribution in [0.15, 0.2) is 18.2 Å². The lowest BCUT2D eigenvalue weighted by atomic mass is 9.74. The summed E-state index contributed by atoms with van der Waals surface area (Å²) in [6.45, 7) is 9.79. The van der Waals surface area contributed by atoms with E-state index < -0.39 is 0 Å². The van der Waals surface area contributed by atoms with Gasteiger partial charge in [-0.05, 0) is 61.8 Å². The molecule has 0 aliphatic heterocycles. The molecule has 0 aromatic heterocycles. The maximum atomic E-state index is 6.11. The van der Waals surface area contributed by atoms with Gasteiger partial charge in [0.2, 0.25) is 0 Å². The van der Waals surface area contributed by atoms with Crippen molar-refractivity contribution >= 4 is 0 Å². The van der Waals surface area contributed by atoms with E-state index in [2.05, 4.69) is 45.9 Å². The molecule has 1 aromatic rings. The summed E-state index contributed by atoms with van der Waals surface area (Å²) in [6, 6.07) is 6.59. The molecule has 0 saturated heterocycles. The first kappa shape index (κ1) is 15.2. The predicted octanol–water partition coefficient (Wildman–Crippen LogP) is 4.39. The number of benzene rings is 1. The number of hydrogen-bond donors (Lipinski definition) is 1. The van der Waals surface area contributed by atoms with E-state index in [1.807, 2.05) is 0 Å². The van der Waals surface area contributed by atoms with E-state index in [0.29, 0.717) is 5.41 Å². The highest BCUT2D eigenvalue weighted by Gasteiger charge is 2.27. The quantitative estimate of drug-likeness (QED) is 0.759. The minimum atomic E-state index is 0.298. The Morgan fingerprint density at radius 3 is 2.17 bits per heavy atom. The molecule has 0 spiro atoms. The van der Waals surface area contributed by atoms with Gasteiger partial charge in [0, 0.05) is 0 Å². The van der Waals surface area contributed by atoms with E-state index in [4.69, 9.17) is 5.73 Å². The van der Waals surface area contributed by atoms with Crippen molar-refractivity contribution in [1.29, 1.82) is 0 Å². The first-order valence-corrected chi connectivity index (χ1v) is 7.33. The minimum Gasteiger partial charge on any atom is -0.330 e. The Hall–Kier alpha value is -0.820. The van der Waals surface area contributed by atoms with Crippen LogP contribution in [0.3, 0.4) is 0 Å². The lowest BCUT2D eigenvalue weighted by Crippen LogP contribution is -2.32. The number of hydrogen-bond acceptors (Lipinski definition) is 1. The molecule has 1 atom stereocenters. The molecule has 0 fully saturated rings. The second kappa shape index (κ2) is 6.94. The lowest BCUT2D eigenvalue weighted by Gasteiger charge is -2.33. The summed E-state index contributed by atoms with van der Waals surface area (Å²) in [5.41, 5.74) is 10.7. The third kappa shape index (κ3) is 3.58. The fourth-order valence-corrected chi connectivity index (χ4v) is 2.76. The van der Waals surface area contributed by atoms with Gasteiger partial charge >= 0.3 is 0 Å². The molecule has 0 amide bonds. The van der Waals surface area contributed by atoms with Gasteiger partial charge in [0.1, 0.15) is 0 Å². The molecule has 0 bridgehead atoms. The zero-order valence-corrected chi connectivity index (χ0v) is 12.6. The average Bonchev–Trinajstić information content (AvgIpc) is 2.38. The van der Waals surface area contributed by atoms with Gasteiger partial charge in [-0.25, -0.2) is 0 Å². The van der Waals surface area contributed by atoms with Crippen molar-refractivity contribution < 1.29 is 0 Å². The molecule has 2 N–H and O–H groups in total. The van der Waals surface area contributed by atoms with Crippen LogP contribution in [0.4, 0.5) is 0 Å². The lowest BCUT2D eigenvalue weighted by molar-refractivity contribution is 0.250. The van der Waals surface area contributed by atoms with E-state index in [1.54, 1.807) is 0 Å². The van der Waals surface area contributed by atoms with Gasteiger partial charge in [-0.2, -0.15) is 0 Å². The van der Waals surface area contributed by atoms with Crippen LogP contribution < -0.4 is 5.73 Å². The summed E-state index contributed by atoms with van der Waals surface area (Å²) >= 11 is 0. The van der Waals surface area contributed by atoms with Gasteiger partial charge in [0.15, 0.2) is 0 Å². The highest BCUT2D eigenvalue weighted by molar-refractivity contribution is 5.34. The molecule has 1 aromatic carbocycles. The van der Waals surface area contributed by atoms with Crippen LogP contribution in [-0.4, -0.2) is 6.54 Å². The smallest absolute Gasteiger partial charge is 0.00174 e. The summed E-state index contributed by atoms with van der Waals surface area (Å²) in [5.74, 6) is 0. The summed E-state index contributed by atoms with van der Waals surface area (Å²) in [7, 11) is 0. The zero-order valence-electron chi connectivity index (χ0n) is 12.6. The van der Waals surface area contributed by atoms with Gasteiger partial charge in [-0.3, -0.25) is 0 Å². The summed E-state index contributed by atoms with van der Waals surface area (Å²) < 4.78 is 0. The van der Waals surface area contributed by atoms with Gasteiger partial charge in [0.25, 0.3) is 0 Å². The zero-order chi connectivity index (χ0) is 13.6. The van der Waals surface area contributed by atoms with Crippen molar-refractivity contribution in [2.75, 3.05) is 6.54 Å². The first-order valence-electron chi connectivity index (χ1n) is 7.33. The molecule has 18 heavy (non-hydrogen) atoms. The highest BCUT2D eigenvalue weighted by Crippen LogP contribution is 2.34. The van der Waals surface area contributed by atoms with Crippen LogP contribution in [0.1, 0.15) is 56.2 Å². The first-order chi connectivity index (χ1) is 8.58. The highest BCUT2D eigenvalue weighted by atomic mass is 14.6. The standard InChI is InChI=1S/C17H29N/c1-5-7-11-17(6-2,13-18)12-16-14(3)9-8-10-15(16)4/h8-10H,5-7,11-13,18H2,1-4H3. The Kier molecular flexibility index (Phi) is 5.87. The van der Waals surface area contributed by atoms with Crippen molar-refractivity contribution in [3.63, 3.8) is 0 Å². The van der Waals surface area contributed by atoms with E-state index in [0.717, 1.165) is 13.0 Å². The largest absolute Gasteiger partial charge is 0.330 e. The second-order valence-electron chi connectivity index (χ2n) is 5.71. The Balaban J connectivity index is 2.95. The summed E-state index contributed by atoms with van der Waals surface area (Å²) in [6.07, 6.45) is 6.12. The molecule has 0 aliphatic rings. The third-order valence-electron chi connectivity index (χ3n) is 4.44. The fraction of sp³-hybridized carbons (Fsp3) is 0.647. The van der Waals surface area contributed by atoms with Crippen LogP contribution in [0.25, 0.3) is 0 Å².